The van der Waals surface area contributed by atoms with Crippen molar-refractivity contribution in [2.75, 3.05) is 26.7 Å². The molecule has 1 aromatic rings. The first-order chi connectivity index (χ1) is 15.4. The lowest BCUT2D eigenvalue weighted by Crippen LogP contribution is -2.48. The molecular weight excluding hydrogens is 410 g/mol. The predicted octanol–water partition coefficient (Wildman–Crippen LogP) is 1.84. The number of aromatic nitrogens is 3. The Bertz CT molecular complexity index is 749. The highest BCUT2D eigenvalue weighted by Gasteiger charge is 2.30. The van der Waals surface area contributed by atoms with Crippen molar-refractivity contribution < 1.29 is 19.4 Å². The molecule has 1 saturated carbocycles. The third-order valence-corrected chi connectivity index (χ3v) is 6.83. The second-order valence-corrected chi connectivity index (χ2v) is 9.53. The van der Waals surface area contributed by atoms with E-state index in [2.05, 4.69) is 10.3 Å². The van der Waals surface area contributed by atoms with Crippen LogP contribution in [0.4, 0.5) is 0 Å². The number of carbonyl (C=O) groups is 2. The third-order valence-electron chi connectivity index (χ3n) is 6.83. The van der Waals surface area contributed by atoms with Crippen molar-refractivity contribution in [1.29, 1.82) is 0 Å². The van der Waals surface area contributed by atoms with E-state index >= 15 is 0 Å². The first kappa shape index (κ1) is 24.6. The summed E-state index contributed by atoms with van der Waals surface area (Å²) < 4.78 is 8.00. The third kappa shape index (κ3) is 6.51. The molecule has 1 fully saturated rings. The van der Waals surface area contributed by atoms with E-state index in [0.717, 1.165) is 31.4 Å². The highest BCUT2D eigenvalue weighted by molar-refractivity contribution is 5.78. The molecule has 1 aliphatic carbocycles. The Kier molecular flexibility index (Phi) is 9.04. The van der Waals surface area contributed by atoms with Crippen LogP contribution in [-0.4, -0.2) is 80.6 Å². The van der Waals surface area contributed by atoms with E-state index in [1.54, 1.807) is 14.5 Å². The molecule has 32 heavy (non-hydrogen) atoms. The van der Waals surface area contributed by atoms with Crippen molar-refractivity contribution >= 4 is 11.8 Å². The van der Waals surface area contributed by atoms with Crippen molar-refractivity contribution in [1.82, 2.24) is 24.8 Å². The number of rotatable bonds is 5. The zero-order valence-corrected chi connectivity index (χ0v) is 19.8. The molecule has 3 atom stereocenters. The van der Waals surface area contributed by atoms with Crippen LogP contribution in [0.25, 0.3) is 0 Å². The van der Waals surface area contributed by atoms with Gasteiger partial charge in [0, 0.05) is 44.9 Å². The minimum absolute atomic E-state index is 0.0170. The Balaban J connectivity index is 1.75. The summed E-state index contributed by atoms with van der Waals surface area (Å²) in [7, 11) is 1.85. The van der Waals surface area contributed by atoms with Gasteiger partial charge in [-0.1, -0.05) is 31.4 Å². The smallest absolute Gasteiger partial charge is 0.225 e. The van der Waals surface area contributed by atoms with Crippen LogP contribution in [0.15, 0.2) is 6.20 Å². The van der Waals surface area contributed by atoms with Gasteiger partial charge in [-0.2, -0.15) is 0 Å². The number of ether oxygens (including phenoxy) is 1. The second-order valence-electron chi connectivity index (χ2n) is 9.53. The van der Waals surface area contributed by atoms with Gasteiger partial charge in [-0.25, -0.2) is 0 Å². The molecule has 1 N–H and O–H groups in total. The van der Waals surface area contributed by atoms with E-state index in [-0.39, 0.29) is 42.4 Å². The molecule has 2 amide bonds. The molecule has 1 aromatic heterocycles. The van der Waals surface area contributed by atoms with E-state index in [1.807, 2.05) is 27.1 Å². The molecule has 3 rings (SSSR count). The summed E-state index contributed by atoms with van der Waals surface area (Å²) in [6, 6.07) is -0.269. The molecule has 2 bridgehead atoms. The molecule has 0 unspecified atom stereocenters. The van der Waals surface area contributed by atoms with Crippen LogP contribution in [0.5, 0.6) is 0 Å². The Morgan fingerprint density at radius 2 is 2.06 bits per heavy atom. The maximum absolute atomic E-state index is 13.0. The van der Waals surface area contributed by atoms with Crippen LogP contribution in [0.3, 0.4) is 0 Å². The maximum Gasteiger partial charge on any atom is 0.225 e. The molecule has 1 aliphatic heterocycles. The lowest BCUT2D eigenvalue weighted by atomic mass is 9.88. The summed E-state index contributed by atoms with van der Waals surface area (Å²) in [5.74, 6) is 0.283. The predicted molar refractivity (Wildman–Crippen MR) is 119 cm³/mol. The Morgan fingerprint density at radius 3 is 2.78 bits per heavy atom. The number of aliphatic hydroxyl groups is 1. The van der Waals surface area contributed by atoms with Crippen molar-refractivity contribution in [3.8, 4) is 0 Å². The van der Waals surface area contributed by atoms with Crippen LogP contribution < -0.4 is 0 Å². The summed E-state index contributed by atoms with van der Waals surface area (Å²) in [5, 5.41) is 18.0. The summed E-state index contributed by atoms with van der Waals surface area (Å²) in [6.07, 6.45) is 8.01. The lowest BCUT2D eigenvalue weighted by molar-refractivity contribution is -0.140. The molecule has 0 spiro atoms. The largest absolute Gasteiger partial charge is 0.394 e. The SMILES string of the molecule is C[C@@H]1CN([C@H](C)CO)C(=O)CCCn2cc(nn2)CO[C@H]1CN(C)C(=O)C1CCCCC1. The number of hydrogen-bond donors (Lipinski definition) is 1. The fourth-order valence-corrected chi connectivity index (χ4v) is 4.71. The minimum atomic E-state index is -0.269. The molecule has 0 saturated heterocycles. The first-order valence-corrected chi connectivity index (χ1v) is 12.0. The van der Waals surface area contributed by atoms with Gasteiger partial charge in [0.05, 0.1) is 31.6 Å². The normalized spacial score (nSPS) is 24.9. The van der Waals surface area contributed by atoms with E-state index < -0.39 is 0 Å². The van der Waals surface area contributed by atoms with Gasteiger partial charge in [-0.3, -0.25) is 14.3 Å². The number of carbonyl (C=O) groups excluding carboxylic acids is 2. The van der Waals surface area contributed by atoms with Crippen LogP contribution in [0.2, 0.25) is 0 Å². The average Bonchev–Trinajstić information content (AvgIpc) is 3.26. The van der Waals surface area contributed by atoms with Gasteiger partial charge < -0.3 is 19.6 Å². The standard InChI is InChI=1S/C23H39N5O4/c1-17-12-28(18(2)15-29)22(30)10-7-11-27-13-20(24-25-27)16-32-21(17)14-26(3)23(31)19-8-5-4-6-9-19/h13,17-19,21,29H,4-12,14-16H2,1-3H3/t17-,18-,21+/m1/s1. The van der Waals surface area contributed by atoms with Crippen LogP contribution in [-0.2, 0) is 27.5 Å². The number of aryl methyl sites for hydroxylation is 1. The molecule has 2 heterocycles. The summed E-state index contributed by atoms with van der Waals surface area (Å²) in [4.78, 5) is 29.5. The van der Waals surface area contributed by atoms with Gasteiger partial charge in [-0.05, 0) is 26.2 Å². The zero-order valence-electron chi connectivity index (χ0n) is 19.8. The van der Waals surface area contributed by atoms with Crippen molar-refractivity contribution in [3.63, 3.8) is 0 Å². The highest BCUT2D eigenvalue weighted by atomic mass is 16.5. The van der Waals surface area contributed by atoms with Crippen molar-refractivity contribution in [2.24, 2.45) is 11.8 Å². The molecule has 0 aromatic carbocycles. The molecular formula is C23H39N5O4. The van der Waals surface area contributed by atoms with Crippen LogP contribution in [0.1, 0.15) is 64.5 Å². The molecule has 9 nitrogen and oxygen atoms in total. The Morgan fingerprint density at radius 1 is 1.31 bits per heavy atom. The molecule has 9 heteroatoms. The number of nitrogens with zero attached hydrogens (tertiary/aromatic N) is 5. The minimum Gasteiger partial charge on any atom is -0.394 e. The first-order valence-electron chi connectivity index (χ1n) is 12.0. The van der Waals surface area contributed by atoms with Gasteiger partial charge >= 0.3 is 0 Å². The Labute approximate surface area is 191 Å². The summed E-state index contributed by atoms with van der Waals surface area (Å²) in [5.41, 5.74) is 0.745. The van der Waals surface area contributed by atoms with Gasteiger partial charge in [0.1, 0.15) is 5.69 Å². The quantitative estimate of drug-likeness (QED) is 0.736. The van der Waals surface area contributed by atoms with Gasteiger partial charge in [0.2, 0.25) is 11.8 Å². The average molecular weight is 450 g/mol. The number of aliphatic hydroxyl groups excluding tert-OH is 1. The monoisotopic (exact) mass is 449 g/mol. The van der Waals surface area contributed by atoms with Crippen molar-refractivity contribution in [3.05, 3.63) is 11.9 Å². The van der Waals surface area contributed by atoms with Gasteiger partial charge in [0.25, 0.3) is 0 Å². The van der Waals surface area contributed by atoms with E-state index in [0.29, 0.717) is 39.1 Å². The zero-order chi connectivity index (χ0) is 23.1. The molecule has 2 aliphatic rings. The Hall–Kier alpha value is -2.00. The summed E-state index contributed by atoms with van der Waals surface area (Å²) in [6.45, 7) is 5.67. The number of hydrogen-bond acceptors (Lipinski definition) is 6. The van der Waals surface area contributed by atoms with E-state index in [1.165, 1.54) is 6.42 Å². The van der Waals surface area contributed by atoms with E-state index in [9.17, 15) is 14.7 Å². The number of fused-ring (bicyclic) bond motifs is 2. The van der Waals surface area contributed by atoms with E-state index in [4.69, 9.17) is 4.74 Å². The van der Waals surface area contributed by atoms with Gasteiger partial charge in [-0.15, -0.1) is 5.10 Å². The number of amides is 2. The van der Waals surface area contributed by atoms with Crippen LogP contribution in [0, 0.1) is 11.8 Å². The second kappa shape index (κ2) is 11.7. The topological polar surface area (TPSA) is 101 Å². The van der Waals surface area contributed by atoms with Gasteiger partial charge in [0.15, 0.2) is 0 Å². The molecule has 180 valence electrons. The fraction of sp³-hybridized carbons (Fsp3) is 0.826. The fourth-order valence-electron chi connectivity index (χ4n) is 4.71. The number of likely N-dealkylation sites (N-methyl/N-ethyl adjacent to an activating group) is 1. The highest BCUT2D eigenvalue weighted by Crippen LogP contribution is 2.26. The van der Waals surface area contributed by atoms with Crippen LogP contribution >= 0.6 is 0 Å². The maximum atomic E-state index is 13.0. The lowest BCUT2D eigenvalue weighted by Gasteiger charge is -2.36. The molecule has 0 radical (unpaired) electrons. The summed E-state index contributed by atoms with van der Waals surface area (Å²) >= 11 is 0. The van der Waals surface area contributed by atoms with Crippen molar-refractivity contribution in [2.45, 2.75) is 84.1 Å².